The minimum Gasteiger partial charge on any atom is -0.294 e. The van der Waals surface area contributed by atoms with Crippen molar-refractivity contribution < 1.29 is 9.59 Å². The van der Waals surface area contributed by atoms with Gasteiger partial charge >= 0.3 is 0 Å². The van der Waals surface area contributed by atoms with E-state index in [4.69, 9.17) is 0 Å². The monoisotopic (exact) mass is 364 g/mol. The van der Waals surface area contributed by atoms with Crippen LogP contribution in [-0.2, 0) is 0 Å². The van der Waals surface area contributed by atoms with Crippen molar-refractivity contribution in [3.05, 3.63) is 71.8 Å². The van der Waals surface area contributed by atoms with E-state index >= 15 is 0 Å². The van der Waals surface area contributed by atoms with Crippen molar-refractivity contribution in [3.8, 4) is 0 Å². The van der Waals surface area contributed by atoms with Crippen LogP contribution in [0.5, 0.6) is 0 Å². The number of carbonyl (C=O) groups is 2. The van der Waals surface area contributed by atoms with E-state index in [0.29, 0.717) is 12.8 Å². The molecule has 0 atom stereocenters. The van der Waals surface area contributed by atoms with E-state index in [0.717, 1.165) is 54.2 Å². The van der Waals surface area contributed by atoms with Crippen molar-refractivity contribution in [2.24, 2.45) is 0 Å². The van der Waals surface area contributed by atoms with E-state index in [2.05, 4.69) is 24.3 Å². The lowest BCUT2D eigenvalue weighted by Gasteiger charge is -2.17. The number of ketones is 2. The van der Waals surface area contributed by atoms with E-state index in [1.807, 2.05) is 50.2 Å². The second-order valence-corrected chi connectivity index (χ2v) is 7.33. The van der Waals surface area contributed by atoms with Crippen LogP contribution in [0.4, 0.5) is 0 Å². The van der Waals surface area contributed by atoms with Crippen LogP contribution < -0.4 is 0 Å². The molecule has 5 aromatic rings. The van der Waals surface area contributed by atoms with Crippen molar-refractivity contribution in [1.82, 2.24) is 0 Å². The largest absolute Gasteiger partial charge is 0.294 e. The highest BCUT2D eigenvalue weighted by atomic mass is 16.1. The molecule has 0 saturated carbocycles. The van der Waals surface area contributed by atoms with Crippen molar-refractivity contribution in [2.45, 2.75) is 26.7 Å². The van der Waals surface area contributed by atoms with Crippen LogP contribution in [0.3, 0.4) is 0 Å². The molecule has 2 heteroatoms. The topological polar surface area (TPSA) is 34.1 Å². The van der Waals surface area contributed by atoms with Gasteiger partial charge in [0.2, 0.25) is 0 Å². The second kappa shape index (κ2) is 6.13. The number of benzene rings is 5. The molecule has 0 N–H and O–H groups in total. The average Bonchev–Trinajstić information content (AvgIpc) is 2.75. The zero-order valence-electron chi connectivity index (χ0n) is 16.0. The molecule has 0 unspecified atom stereocenters. The van der Waals surface area contributed by atoms with Gasteiger partial charge in [-0.2, -0.15) is 0 Å². The minimum absolute atomic E-state index is 0.164. The first-order chi connectivity index (χ1) is 13.7. The zero-order valence-corrected chi connectivity index (χ0v) is 16.0. The standard InChI is InChI=1S/C26H20O2/c1-3-23(27)15-11-13-21-20-10-6-8-18-16(24(28)4-2)12-14-22(26(18)20)19-9-5-7-17(15)25(19)21/h5-14H,3-4H2,1-2H3. The Bertz CT molecular complexity index is 1280. The van der Waals surface area contributed by atoms with Gasteiger partial charge in [-0.15, -0.1) is 0 Å². The molecule has 0 spiro atoms. The van der Waals surface area contributed by atoms with Crippen LogP contribution in [0, 0.1) is 0 Å². The van der Waals surface area contributed by atoms with E-state index in [1.165, 1.54) is 0 Å². The van der Waals surface area contributed by atoms with Crippen LogP contribution in [0.1, 0.15) is 47.4 Å². The van der Waals surface area contributed by atoms with Crippen molar-refractivity contribution in [3.63, 3.8) is 0 Å². The fourth-order valence-corrected chi connectivity index (χ4v) is 4.58. The first-order valence-electron chi connectivity index (χ1n) is 9.84. The van der Waals surface area contributed by atoms with E-state index < -0.39 is 0 Å². The molecule has 136 valence electrons. The van der Waals surface area contributed by atoms with Gasteiger partial charge < -0.3 is 0 Å². The highest BCUT2D eigenvalue weighted by Crippen LogP contribution is 2.42. The summed E-state index contributed by atoms with van der Waals surface area (Å²) in [5.74, 6) is 0.327. The quantitative estimate of drug-likeness (QED) is 0.197. The Morgan fingerprint density at radius 2 is 0.893 bits per heavy atom. The predicted octanol–water partition coefficient (Wildman–Crippen LogP) is 6.92. The number of carbonyl (C=O) groups excluding carboxylic acids is 2. The molecule has 0 aliphatic heterocycles. The van der Waals surface area contributed by atoms with Crippen molar-refractivity contribution in [2.75, 3.05) is 0 Å². The molecule has 0 saturated heterocycles. The van der Waals surface area contributed by atoms with Crippen LogP contribution in [0.2, 0.25) is 0 Å². The lowest BCUT2D eigenvalue weighted by atomic mass is 9.86. The first kappa shape index (κ1) is 16.9. The molecule has 0 bridgehead atoms. The van der Waals surface area contributed by atoms with Crippen LogP contribution in [0.15, 0.2) is 60.7 Å². The van der Waals surface area contributed by atoms with Gasteiger partial charge in [-0.1, -0.05) is 74.5 Å². The van der Waals surface area contributed by atoms with Gasteiger partial charge in [0.1, 0.15) is 0 Å². The maximum absolute atomic E-state index is 12.5. The van der Waals surface area contributed by atoms with Crippen LogP contribution >= 0.6 is 0 Å². The zero-order chi connectivity index (χ0) is 19.4. The number of hydrogen-bond acceptors (Lipinski definition) is 2. The Kier molecular flexibility index (Phi) is 3.70. The van der Waals surface area contributed by atoms with E-state index in [9.17, 15) is 9.59 Å². The second-order valence-electron chi connectivity index (χ2n) is 7.33. The van der Waals surface area contributed by atoms with Crippen LogP contribution in [0.25, 0.3) is 43.1 Å². The van der Waals surface area contributed by atoms with Gasteiger partial charge in [0, 0.05) is 24.0 Å². The number of hydrogen-bond donors (Lipinski definition) is 0. The lowest BCUT2D eigenvalue weighted by Crippen LogP contribution is -2.00. The molecule has 0 aliphatic rings. The highest BCUT2D eigenvalue weighted by molar-refractivity contribution is 6.35. The number of fused-ring (bicyclic) bond motifs is 2. The maximum atomic E-state index is 12.5. The molecule has 0 aromatic heterocycles. The molecule has 0 fully saturated rings. The molecule has 0 heterocycles. The fourth-order valence-electron chi connectivity index (χ4n) is 4.58. The summed E-state index contributed by atoms with van der Waals surface area (Å²) in [6.45, 7) is 3.81. The number of Topliss-reactive ketones (excluding diaryl/α,β-unsaturated/α-hetero) is 2. The maximum Gasteiger partial charge on any atom is 0.163 e. The fraction of sp³-hybridized carbons (Fsp3) is 0.154. The SMILES string of the molecule is CCC(=O)c1ccc2c3cccc4c(C(=O)CC)ccc(c5cccc1c52)c43. The molecule has 5 aromatic carbocycles. The summed E-state index contributed by atoms with van der Waals surface area (Å²) in [4.78, 5) is 25.0. The van der Waals surface area contributed by atoms with Gasteiger partial charge in [-0.05, 0) is 43.1 Å². The Balaban J connectivity index is 2.05. The molecule has 0 aliphatic carbocycles. The van der Waals surface area contributed by atoms with E-state index in [-0.39, 0.29) is 11.6 Å². The summed E-state index contributed by atoms with van der Waals surface area (Å²) in [6, 6.07) is 20.4. The van der Waals surface area contributed by atoms with Gasteiger partial charge in [0.15, 0.2) is 11.6 Å². The summed E-state index contributed by atoms with van der Waals surface area (Å²) in [6.07, 6.45) is 0.987. The summed E-state index contributed by atoms with van der Waals surface area (Å²) >= 11 is 0. The summed E-state index contributed by atoms with van der Waals surface area (Å²) < 4.78 is 0. The molecule has 5 rings (SSSR count). The minimum atomic E-state index is 0.164. The third-order valence-electron chi connectivity index (χ3n) is 5.90. The van der Waals surface area contributed by atoms with Gasteiger partial charge in [-0.3, -0.25) is 9.59 Å². The molecule has 0 radical (unpaired) electrons. The molecular formula is C26H20O2. The summed E-state index contributed by atoms with van der Waals surface area (Å²) in [5, 5.41) is 8.84. The van der Waals surface area contributed by atoms with Gasteiger partial charge in [0.25, 0.3) is 0 Å². The third-order valence-corrected chi connectivity index (χ3v) is 5.90. The third kappa shape index (κ3) is 2.15. The van der Waals surface area contributed by atoms with Crippen LogP contribution in [-0.4, -0.2) is 11.6 Å². The molecule has 0 amide bonds. The Labute approximate surface area is 163 Å². The van der Waals surface area contributed by atoms with Crippen molar-refractivity contribution >= 4 is 54.7 Å². The summed E-state index contributed by atoms with van der Waals surface area (Å²) in [7, 11) is 0. The predicted molar refractivity (Wildman–Crippen MR) is 117 cm³/mol. The lowest BCUT2D eigenvalue weighted by molar-refractivity contribution is 0.0982. The summed E-state index contributed by atoms with van der Waals surface area (Å²) in [5.41, 5.74) is 1.58. The van der Waals surface area contributed by atoms with Gasteiger partial charge in [-0.25, -0.2) is 0 Å². The highest BCUT2D eigenvalue weighted by Gasteiger charge is 2.18. The molecule has 2 nitrogen and oxygen atoms in total. The Hall–Kier alpha value is -3.26. The Morgan fingerprint density at radius 3 is 1.29 bits per heavy atom. The normalized spacial score (nSPS) is 11.8. The number of rotatable bonds is 4. The average molecular weight is 364 g/mol. The van der Waals surface area contributed by atoms with Crippen molar-refractivity contribution in [1.29, 1.82) is 0 Å². The van der Waals surface area contributed by atoms with E-state index in [1.54, 1.807) is 0 Å². The first-order valence-corrected chi connectivity index (χ1v) is 9.84. The molecular weight excluding hydrogens is 344 g/mol. The van der Waals surface area contributed by atoms with Gasteiger partial charge in [0.05, 0.1) is 0 Å². The Morgan fingerprint density at radius 1 is 0.536 bits per heavy atom. The molecule has 28 heavy (non-hydrogen) atoms. The smallest absolute Gasteiger partial charge is 0.163 e.